The zero-order valence-electron chi connectivity index (χ0n) is 11.2. The highest BCUT2D eigenvalue weighted by atomic mass is 19.1. The topological polar surface area (TPSA) is 12.0 Å². The summed E-state index contributed by atoms with van der Waals surface area (Å²) in [6, 6.07) is 4.10. The van der Waals surface area contributed by atoms with Crippen molar-refractivity contribution in [2.45, 2.75) is 57.4 Å². The summed E-state index contributed by atoms with van der Waals surface area (Å²) in [4.78, 5) is 0. The Bertz CT molecular complexity index is 442. The van der Waals surface area contributed by atoms with Crippen molar-refractivity contribution in [1.29, 1.82) is 0 Å². The molecule has 1 nitrogen and oxygen atoms in total. The number of anilines is 1. The van der Waals surface area contributed by atoms with E-state index in [4.69, 9.17) is 0 Å². The first-order chi connectivity index (χ1) is 9.17. The summed E-state index contributed by atoms with van der Waals surface area (Å²) in [7, 11) is 0. The van der Waals surface area contributed by atoms with Gasteiger partial charge in [-0.15, -0.1) is 0 Å². The maximum absolute atomic E-state index is 13.6. The molecule has 0 heterocycles. The minimum absolute atomic E-state index is 0.339. The zero-order valence-corrected chi connectivity index (χ0v) is 11.2. The molecule has 0 aliphatic heterocycles. The van der Waals surface area contributed by atoms with Gasteiger partial charge in [-0.3, -0.25) is 0 Å². The van der Waals surface area contributed by atoms with E-state index in [1.807, 2.05) is 0 Å². The Hall–Kier alpha value is -1.12. The van der Waals surface area contributed by atoms with E-state index in [-0.39, 0.29) is 0 Å². The molecule has 1 N–H and O–H groups in total. The number of nitrogens with one attached hydrogen (secondary N) is 1. The monoisotopic (exact) mass is 265 g/mol. The van der Waals surface area contributed by atoms with Crippen LogP contribution >= 0.6 is 0 Å². The molecule has 104 valence electrons. The van der Waals surface area contributed by atoms with Gasteiger partial charge in [0.15, 0.2) is 0 Å². The van der Waals surface area contributed by atoms with Gasteiger partial charge in [0.05, 0.1) is 5.69 Å². The largest absolute Gasteiger partial charge is 0.380 e. The fraction of sp³-hybridized carbons (Fsp3) is 0.625. The maximum Gasteiger partial charge on any atom is 0.149 e. The predicted octanol–water partition coefficient (Wildman–Crippen LogP) is 4.88. The number of halogens is 2. The molecule has 1 aromatic carbocycles. The summed E-state index contributed by atoms with van der Waals surface area (Å²) < 4.78 is 26.5. The van der Waals surface area contributed by atoms with E-state index in [1.54, 1.807) is 0 Å². The molecule has 0 amide bonds. The van der Waals surface area contributed by atoms with Gasteiger partial charge in [-0.05, 0) is 56.1 Å². The molecule has 0 aromatic heterocycles. The first kappa shape index (κ1) is 12.9. The quantitative estimate of drug-likeness (QED) is 0.803. The van der Waals surface area contributed by atoms with Crippen LogP contribution in [-0.2, 0) is 0 Å². The zero-order chi connectivity index (χ0) is 13.3. The SMILES string of the molecule is Fc1ccc(NC2CCC3(CCCC3)CC2)c(F)c1. The van der Waals surface area contributed by atoms with Gasteiger partial charge in [0, 0.05) is 12.1 Å². The number of hydrogen-bond acceptors (Lipinski definition) is 1. The molecule has 0 atom stereocenters. The number of hydrogen-bond donors (Lipinski definition) is 1. The highest BCUT2D eigenvalue weighted by Crippen LogP contribution is 2.49. The van der Waals surface area contributed by atoms with Crippen LogP contribution in [0.3, 0.4) is 0 Å². The molecule has 0 radical (unpaired) electrons. The van der Waals surface area contributed by atoms with Gasteiger partial charge in [0.2, 0.25) is 0 Å². The molecule has 2 aliphatic carbocycles. The molecule has 19 heavy (non-hydrogen) atoms. The Labute approximate surface area is 113 Å². The second kappa shape index (κ2) is 5.10. The van der Waals surface area contributed by atoms with Crippen molar-refractivity contribution in [3.8, 4) is 0 Å². The van der Waals surface area contributed by atoms with Crippen molar-refractivity contribution in [3.63, 3.8) is 0 Å². The van der Waals surface area contributed by atoms with Gasteiger partial charge in [-0.2, -0.15) is 0 Å². The van der Waals surface area contributed by atoms with Gasteiger partial charge in [0.1, 0.15) is 11.6 Å². The summed E-state index contributed by atoms with van der Waals surface area (Å²) in [6.45, 7) is 0. The van der Waals surface area contributed by atoms with Crippen molar-refractivity contribution in [3.05, 3.63) is 29.8 Å². The van der Waals surface area contributed by atoms with Gasteiger partial charge >= 0.3 is 0 Å². The Kier molecular flexibility index (Phi) is 3.46. The van der Waals surface area contributed by atoms with Gasteiger partial charge in [0.25, 0.3) is 0 Å². The molecule has 3 heteroatoms. The molecular formula is C16H21F2N. The van der Waals surface area contributed by atoms with E-state index in [0.717, 1.165) is 18.9 Å². The van der Waals surface area contributed by atoms with E-state index in [0.29, 0.717) is 17.1 Å². The molecule has 2 aliphatic rings. The molecule has 1 aromatic rings. The molecule has 0 bridgehead atoms. The first-order valence-corrected chi connectivity index (χ1v) is 7.39. The van der Waals surface area contributed by atoms with E-state index >= 15 is 0 Å². The fourth-order valence-electron chi connectivity index (χ4n) is 3.83. The van der Waals surface area contributed by atoms with Crippen LogP contribution in [0.1, 0.15) is 51.4 Å². The van der Waals surface area contributed by atoms with Crippen LogP contribution in [0, 0.1) is 17.0 Å². The van der Waals surface area contributed by atoms with E-state index < -0.39 is 11.6 Å². The lowest BCUT2D eigenvalue weighted by atomic mass is 9.71. The Morgan fingerprint density at radius 2 is 1.68 bits per heavy atom. The second-order valence-corrected chi connectivity index (χ2v) is 6.25. The average molecular weight is 265 g/mol. The van der Waals surface area contributed by atoms with E-state index in [1.165, 1.54) is 50.7 Å². The van der Waals surface area contributed by atoms with Crippen LogP contribution in [0.15, 0.2) is 18.2 Å². The summed E-state index contributed by atoms with van der Waals surface area (Å²) in [5.74, 6) is -1.00. The van der Waals surface area contributed by atoms with Gasteiger partial charge in [-0.1, -0.05) is 12.8 Å². The van der Waals surface area contributed by atoms with Gasteiger partial charge < -0.3 is 5.32 Å². The van der Waals surface area contributed by atoms with Crippen LogP contribution in [-0.4, -0.2) is 6.04 Å². The minimum atomic E-state index is -0.517. The van der Waals surface area contributed by atoms with Crippen molar-refractivity contribution in [2.24, 2.45) is 5.41 Å². The van der Waals surface area contributed by atoms with Crippen LogP contribution in [0.25, 0.3) is 0 Å². The molecular weight excluding hydrogens is 244 g/mol. The molecule has 2 fully saturated rings. The Morgan fingerprint density at radius 1 is 1.00 bits per heavy atom. The lowest BCUT2D eigenvalue weighted by Crippen LogP contribution is -2.31. The molecule has 0 saturated heterocycles. The number of benzene rings is 1. The third kappa shape index (κ3) is 2.75. The summed E-state index contributed by atoms with van der Waals surface area (Å²) in [6.07, 6.45) is 10.2. The van der Waals surface area contributed by atoms with Crippen LogP contribution in [0.2, 0.25) is 0 Å². The highest BCUT2D eigenvalue weighted by Gasteiger charge is 2.37. The standard InChI is InChI=1S/C16H21F2N/c17-12-3-4-15(14(18)11-12)19-13-5-9-16(10-6-13)7-1-2-8-16/h3-4,11,13,19H,1-2,5-10H2. The van der Waals surface area contributed by atoms with Crippen LogP contribution in [0.4, 0.5) is 14.5 Å². The lowest BCUT2D eigenvalue weighted by Gasteiger charge is -2.37. The molecule has 2 saturated carbocycles. The molecule has 0 unspecified atom stereocenters. The average Bonchev–Trinajstić information content (AvgIpc) is 2.84. The Balaban J connectivity index is 1.60. The van der Waals surface area contributed by atoms with Crippen LogP contribution in [0.5, 0.6) is 0 Å². The molecule has 1 spiro atoms. The maximum atomic E-state index is 13.6. The predicted molar refractivity (Wildman–Crippen MR) is 73.1 cm³/mol. The third-order valence-corrected chi connectivity index (χ3v) is 5.00. The summed E-state index contributed by atoms with van der Waals surface area (Å²) >= 11 is 0. The van der Waals surface area contributed by atoms with Crippen molar-refractivity contribution in [1.82, 2.24) is 0 Å². The van der Waals surface area contributed by atoms with E-state index in [2.05, 4.69) is 5.32 Å². The van der Waals surface area contributed by atoms with Crippen molar-refractivity contribution in [2.75, 3.05) is 5.32 Å². The Morgan fingerprint density at radius 3 is 2.32 bits per heavy atom. The highest BCUT2D eigenvalue weighted by molar-refractivity contribution is 5.45. The summed E-state index contributed by atoms with van der Waals surface area (Å²) in [5, 5.41) is 3.24. The fourth-order valence-corrected chi connectivity index (χ4v) is 3.83. The van der Waals surface area contributed by atoms with Crippen molar-refractivity contribution < 1.29 is 8.78 Å². The van der Waals surface area contributed by atoms with E-state index in [9.17, 15) is 8.78 Å². The third-order valence-electron chi connectivity index (χ3n) is 5.00. The number of rotatable bonds is 2. The van der Waals surface area contributed by atoms with Crippen LogP contribution < -0.4 is 5.32 Å². The van der Waals surface area contributed by atoms with Gasteiger partial charge in [-0.25, -0.2) is 8.78 Å². The summed E-state index contributed by atoms with van der Waals surface area (Å²) in [5.41, 5.74) is 1.04. The smallest absolute Gasteiger partial charge is 0.149 e. The second-order valence-electron chi connectivity index (χ2n) is 6.25. The normalized spacial score (nSPS) is 22.8. The van der Waals surface area contributed by atoms with Crippen molar-refractivity contribution >= 4 is 5.69 Å². The lowest BCUT2D eigenvalue weighted by molar-refractivity contribution is 0.188. The first-order valence-electron chi connectivity index (χ1n) is 7.39. The minimum Gasteiger partial charge on any atom is -0.380 e. The molecule has 3 rings (SSSR count).